The van der Waals surface area contributed by atoms with Crippen molar-refractivity contribution < 1.29 is 9.59 Å². The lowest BCUT2D eigenvalue weighted by Gasteiger charge is -2.10. The minimum absolute atomic E-state index is 0.0765. The maximum Gasteiger partial charge on any atom is 0.251 e. The summed E-state index contributed by atoms with van der Waals surface area (Å²) in [5.74, 6) is 0.653. The van der Waals surface area contributed by atoms with Crippen LogP contribution in [0.2, 0.25) is 5.02 Å². The van der Waals surface area contributed by atoms with Gasteiger partial charge in [-0.1, -0.05) is 37.3 Å². The van der Waals surface area contributed by atoms with Crippen molar-refractivity contribution in [1.82, 2.24) is 10.6 Å². The van der Waals surface area contributed by atoms with Gasteiger partial charge in [-0.2, -0.15) is 0 Å². The zero-order valence-electron chi connectivity index (χ0n) is 12.7. The Bertz CT molecular complexity index is 496. The van der Waals surface area contributed by atoms with Crippen molar-refractivity contribution in [3.05, 3.63) is 34.9 Å². The Kier molecular flexibility index (Phi) is 6.72. The number of hydrogen-bond donors (Lipinski definition) is 2. The molecule has 2 amide bonds. The van der Waals surface area contributed by atoms with Gasteiger partial charge in [-0.3, -0.25) is 9.59 Å². The Labute approximate surface area is 136 Å². The normalized spacial score (nSPS) is 14.8. The standard InChI is InChI=1S/C17H23ClN2O2/c18-15-8-6-14(7-9-15)17(22)20-12-11-19-16(21)10-5-13-3-1-2-4-13/h6-9,13H,1-5,10-12H2,(H,19,21)(H,20,22). The fourth-order valence-corrected chi connectivity index (χ4v) is 2.93. The van der Waals surface area contributed by atoms with E-state index in [1.165, 1.54) is 25.7 Å². The number of halogens is 1. The lowest BCUT2D eigenvalue weighted by molar-refractivity contribution is -0.121. The molecular weight excluding hydrogens is 300 g/mol. The first-order chi connectivity index (χ1) is 10.6. The number of amides is 2. The minimum Gasteiger partial charge on any atom is -0.354 e. The van der Waals surface area contributed by atoms with Crippen LogP contribution >= 0.6 is 11.6 Å². The number of hydrogen-bond acceptors (Lipinski definition) is 2. The van der Waals surface area contributed by atoms with Crippen LogP contribution in [0.5, 0.6) is 0 Å². The summed E-state index contributed by atoms with van der Waals surface area (Å²) < 4.78 is 0. The van der Waals surface area contributed by atoms with Crippen molar-refractivity contribution in [2.75, 3.05) is 13.1 Å². The molecule has 4 nitrogen and oxygen atoms in total. The van der Waals surface area contributed by atoms with Crippen molar-refractivity contribution in [3.63, 3.8) is 0 Å². The quantitative estimate of drug-likeness (QED) is 0.758. The molecular formula is C17H23ClN2O2. The topological polar surface area (TPSA) is 58.2 Å². The highest BCUT2D eigenvalue weighted by Gasteiger charge is 2.15. The highest BCUT2D eigenvalue weighted by molar-refractivity contribution is 6.30. The van der Waals surface area contributed by atoms with Gasteiger partial charge in [0.2, 0.25) is 5.91 Å². The van der Waals surface area contributed by atoms with E-state index in [0.29, 0.717) is 30.1 Å². The van der Waals surface area contributed by atoms with Crippen molar-refractivity contribution in [2.45, 2.75) is 38.5 Å². The molecule has 0 saturated heterocycles. The van der Waals surface area contributed by atoms with Crippen LogP contribution in [0.15, 0.2) is 24.3 Å². The molecule has 0 spiro atoms. The third-order valence-electron chi connectivity index (χ3n) is 4.09. The van der Waals surface area contributed by atoms with Crippen LogP contribution in [-0.4, -0.2) is 24.9 Å². The lowest BCUT2D eigenvalue weighted by Crippen LogP contribution is -2.34. The second-order valence-electron chi connectivity index (χ2n) is 5.80. The molecule has 22 heavy (non-hydrogen) atoms. The molecule has 0 atom stereocenters. The van der Waals surface area contributed by atoms with Crippen molar-refractivity contribution in [1.29, 1.82) is 0 Å². The van der Waals surface area contributed by atoms with E-state index in [0.717, 1.165) is 12.3 Å². The van der Waals surface area contributed by atoms with Crippen LogP contribution in [0, 0.1) is 5.92 Å². The van der Waals surface area contributed by atoms with E-state index in [1.807, 2.05) is 0 Å². The van der Waals surface area contributed by atoms with Crippen LogP contribution in [-0.2, 0) is 4.79 Å². The van der Waals surface area contributed by atoms with E-state index >= 15 is 0 Å². The predicted octanol–water partition coefficient (Wildman–Crippen LogP) is 3.16. The zero-order chi connectivity index (χ0) is 15.8. The molecule has 1 aromatic carbocycles. The predicted molar refractivity (Wildman–Crippen MR) is 88.0 cm³/mol. The average molecular weight is 323 g/mol. The molecule has 2 N–H and O–H groups in total. The molecule has 0 heterocycles. The summed E-state index contributed by atoms with van der Waals surface area (Å²) in [4.78, 5) is 23.5. The Morgan fingerprint density at radius 1 is 1.05 bits per heavy atom. The molecule has 1 fully saturated rings. The fourth-order valence-electron chi connectivity index (χ4n) is 2.80. The molecule has 0 unspecified atom stereocenters. The minimum atomic E-state index is -0.156. The molecule has 0 bridgehead atoms. The van der Waals surface area contributed by atoms with Crippen LogP contribution in [0.1, 0.15) is 48.9 Å². The van der Waals surface area contributed by atoms with Crippen molar-refractivity contribution in [3.8, 4) is 0 Å². The van der Waals surface area contributed by atoms with Crippen LogP contribution in [0.25, 0.3) is 0 Å². The van der Waals surface area contributed by atoms with E-state index < -0.39 is 0 Å². The summed E-state index contributed by atoms with van der Waals surface area (Å²) in [6, 6.07) is 6.72. The van der Waals surface area contributed by atoms with Crippen molar-refractivity contribution in [2.24, 2.45) is 5.92 Å². The Morgan fingerprint density at radius 3 is 2.36 bits per heavy atom. The van der Waals surface area contributed by atoms with Crippen molar-refractivity contribution >= 4 is 23.4 Å². The van der Waals surface area contributed by atoms with Gasteiger partial charge in [0, 0.05) is 30.1 Å². The summed E-state index contributed by atoms with van der Waals surface area (Å²) in [6.45, 7) is 0.888. The molecule has 1 saturated carbocycles. The SMILES string of the molecule is O=C(CCC1CCCC1)NCCNC(=O)c1ccc(Cl)cc1. The van der Waals surface area contributed by atoms with E-state index in [1.54, 1.807) is 24.3 Å². The molecule has 0 aliphatic heterocycles. The largest absolute Gasteiger partial charge is 0.354 e. The van der Waals surface area contributed by atoms with Gasteiger partial charge >= 0.3 is 0 Å². The lowest BCUT2D eigenvalue weighted by atomic mass is 10.0. The first-order valence-electron chi connectivity index (χ1n) is 7.95. The van der Waals surface area contributed by atoms with E-state index in [9.17, 15) is 9.59 Å². The number of nitrogens with one attached hydrogen (secondary N) is 2. The van der Waals surface area contributed by atoms with Gasteiger partial charge in [0.25, 0.3) is 5.91 Å². The average Bonchev–Trinajstić information content (AvgIpc) is 3.03. The number of carbonyl (C=O) groups is 2. The van der Waals surface area contributed by atoms with Gasteiger partial charge < -0.3 is 10.6 Å². The summed E-state index contributed by atoms with van der Waals surface area (Å²) in [7, 11) is 0. The second kappa shape index (κ2) is 8.79. The van der Waals surface area contributed by atoms with Gasteiger partial charge in [0.05, 0.1) is 0 Å². The fraction of sp³-hybridized carbons (Fsp3) is 0.529. The molecule has 5 heteroatoms. The molecule has 120 valence electrons. The van der Waals surface area contributed by atoms with Gasteiger partial charge in [-0.25, -0.2) is 0 Å². The summed E-state index contributed by atoms with van der Waals surface area (Å²) in [5.41, 5.74) is 0.567. The highest BCUT2D eigenvalue weighted by Crippen LogP contribution is 2.28. The Hall–Kier alpha value is -1.55. The van der Waals surface area contributed by atoms with E-state index in [4.69, 9.17) is 11.6 Å². The second-order valence-corrected chi connectivity index (χ2v) is 6.24. The van der Waals surface area contributed by atoms with Crippen LogP contribution < -0.4 is 10.6 Å². The van der Waals surface area contributed by atoms with Gasteiger partial charge in [-0.05, 0) is 36.6 Å². The maximum absolute atomic E-state index is 11.8. The first-order valence-corrected chi connectivity index (χ1v) is 8.33. The summed E-state index contributed by atoms with van der Waals surface area (Å²) in [5, 5.41) is 6.22. The van der Waals surface area contributed by atoms with Crippen LogP contribution in [0.4, 0.5) is 0 Å². The van der Waals surface area contributed by atoms with E-state index in [2.05, 4.69) is 10.6 Å². The van der Waals surface area contributed by atoms with Gasteiger partial charge in [0.1, 0.15) is 0 Å². The highest BCUT2D eigenvalue weighted by atomic mass is 35.5. The van der Waals surface area contributed by atoms with E-state index in [-0.39, 0.29) is 11.8 Å². The molecule has 1 aromatic rings. The third kappa shape index (κ3) is 5.68. The molecule has 0 aromatic heterocycles. The third-order valence-corrected chi connectivity index (χ3v) is 4.35. The van der Waals surface area contributed by atoms with Gasteiger partial charge in [0.15, 0.2) is 0 Å². The molecule has 1 aliphatic rings. The maximum atomic E-state index is 11.8. The summed E-state index contributed by atoms with van der Waals surface area (Å²) >= 11 is 5.78. The molecule has 0 radical (unpaired) electrons. The molecule has 1 aliphatic carbocycles. The summed E-state index contributed by atoms with van der Waals surface area (Å²) in [6.07, 6.45) is 6.74. The number of carbonyl (C=O) groups excluding carboxylic acids is 2. The Balaban J connectivity index is 1.57. The number of benzene rings is 1. The smallest absolute Gasteiger partial charge is 0.251 e. The number of rotatable bonds is 7. The zero-order valence-corrected chi connectivity index (χ0v) is 13.5. The monoisotopic (exact) mass is 322 g/mol. The molecule has 2 rings (SSSR count). The van der Waals surface area contributed by atoms with Crippen LogP contribution in [0.3, 0.4) is 0 Å². The Morgan fingerprint density at radius 2 is 1.68 bits per heavy atom. The first kappa shape index (κ1) is 16.8. The van der Waals surface area contributed by atoms with Gasteiger partial charge in [-0.15, -0.1) is 0 Å².